The number of aryl methyl sites for hydroxylation is 3. The Labute approximate surface area is 155 Å². The molecule has 1 aliphatic heterocycles. The number of hydrogen-bond acceptors (Lipinski definition) is 1. The molecule has 4 rings (SSSR count). The fourth-order valence-corrected chi connectivity index (χ4v) is 4.38. The average molecular weight is 346 g/mol. The van der Waals surface area contributed by atoms with Crippen LogP contribution in [-0.4, -0.2) is 16.5 Å². The number of carbonyl (C=O) groups is 1. The minimum Gasteiger partial charge on any atom is -0.337 e. The highest BCUT2D eigenvalue weighted by molar-refractivity contribution is 6.11. The number of benzene rings is 2. The summed E-state index contributed by atoms with van der Waals surface area (Å²) in [6.07, 6.45) is 1.93. The van der Waals surface area contributed by atoms with E-state index in [1.807, 2.05) is 11.0 Å². The van der Waals surface area contributed by atoms with E-state index in [1.165, 1.54) is 16.5 Å². The standard InChI is InChI=1S/C23H26N2O/c1-5-17-11-12-21-19(14-17)16(4)22(24(21)6-2)23(26)25-15(3)13-18-9-7-8-10-20(18)25/h7-12,14-15H,5-6,13H2,1-4H3. The Balaban J connectivity index is 1.89. The molecular formula is C23H26N2O. The van der Waals surface area contributed by atoms with E-state index in [0.717, 1.165) is 41.8 Å². The van der Waals surface area contributed by atoms with Crippen molar-refractivity contribution < 1.29 is 4.79 Å². The highest BCUT2D eigenvalue weighted by atomic mass is 16.2. The average Bonchev–Trinajstić information content (AvgIpc) is 3.14. The maximum absolute atomic E-state index is 13.6. The number of carbonyl (C=O) groups excluding carboxylic acids is 1. The van der Waals surface area contributed by atoms with Gasteiger partial charge < -0.3 is 9.47 Å². The first-order chi connectivity index (χ1) is 12.6. The summed E-state index contributed by atoms with van der Waals surface area (Å²) in [6.45, 7) is 9.31. The first-order valence-electron chi connectivity index (χ1n) is 9.60. The second kappa shape index (κ2) is 6.31. The highest BCUT2D eigenvalue weighted by Gasteiger charge is 2.34. The maximum atomic E-state index is 13.6. The van der Waals surface area contributed by atoms with Gasteiger partial charge in [0.05, 0.1) is 0 Å². The number of para-hydroxylation sites is 1. The topological polar surface area (TPSA) is 25.2 Å². The first kappa shape index (κ1) is 16.9. The smallest absolute Gasteiger partial charge is 0.275 e. The van der Waals surface area contributed by atoms with Crippen LogP contribution in [0.1, 0.15) is 48.0 Å². The van der Waals surface area contributed by atoms with E-state index in [-0.39, 0.29) is 11.9 Å². The lowest BCUT2D eigenvalue weighted by Crippen LogP contribution is -2.37. The molecule has 3 aromatic rings. The molecule has 0 bridgehead atoms. The molecule has 1 amide bonds. The van der Waals surface area contributed by atoms with Crippen molar-refractivity contribution in [3.05, 3.63) is 64.8 Å². The van der Waals surface area contributed by atoms with Crippen molar-refractivity contribution in [1.29, 1.82) is 0 Å². The molecule has 0 fully saturated rings. The zero-order valence-electron chi connectivity index (χ0n) is 16.0. The summed E-state index contributed by atoms with van der Waals surface area (Å²) in [7, 11) is 0. The van der Waals surface area contributed by atoms with Crippen LogP contribution in [0.5, 0.6) is 0 Å². The fourth-order valence-electron chi connectivity index (χ4n) is 4.38. The number of anilines is 1. The normalized spacial score (nSPS) is 16.3. The van der Waals surface area contributed by atoms with Gasteiger partial charge in [0.2, 0.25) is 0 Å². The van der Waals surface area contributed by atoms with E-state index in [9.17, 15) is 4.79 Å². The van der Waals surface area contributed by atoms with Gasteiger partial charge in [0.1, 0.15) is 5.69 Å². The minimum atomic E-state index is 0.121. The second-order valence-electron chi connectivity index (χ2n) is 7.28. The molecule has 1 unspecified atom stereocenters. The van der Waals surface area contributed by atoms with E-state index < -0.39 is 0 Å². The quantitative estimate of drug-likeness (QED) is 0.646. The molecule has 3 nitrogen and oxygen atoms in total. The van der Waals surface area contributed by atoms with E-state index in [0.29, 0.717) is 0 Å². The number of fused-ring (bicyclic) bond motifs is 2. The van der Waals surface area contributed by atoms with Gasteiger partial charge in [0, 0.05) is 29.2 Å². The predicted octanol–water partition coefficient (Wildman–Crippen LogP) is 5.12. The summed E-state index contributed by atoms with van der Waals surface area (Å²) in [4.78, 5) is 15.6. The van der Waals surface area contributed by atoms with Gasteiger partial charge in [-0.05, 0) is 68.5 Å². The Hall–Kier alpha value is -2.55. The Kier molecular flexibility index (Phi) is 4.10. The Morgan fingerprint density at radius 3 is 2.65 bits per heavy atom. The fraction of sp³-hybridized carbons (Fsp3) is 0.348. The summed E-state index contributed by atoms with van der Waals surface area (Å²) in [6, 6.07) is 15.1. The minimum absolute atomic E-state index is 0.121. The maximum Gasteiger partial charge on any atom is 0.275 e. The molecule has 134 valence electrons. The third-order valence-corrected chi connectivity index (χ3v) is 5.73. The molecule has 3 heteroatoms. The molecule has 1 aliphatic rings. The van der Waals surface area contributed by atoms with Crippen molar-refractivity contribution >= 4 is 22.5 Å². The summed E-state index contributed by atoms with van der Waals surface area (Å²) < 4.78 is 2.18. The molecule has 0 radical (unpaired) electrons. The molecule has 2 aromatic carbocycles. The molecule has 2 heterocycles. The third kappa shape index (κ3) is 2.38. The van der Waals surface area contributed by atoms with Gasteiger partial charge in [-0.2, -0.15) is 0 Å². The molecule has 1 aromatic heterocycles. The third-order valence-electron chi connectivity index (χ3n) is 5.73. The summed E-state index contributed by atoms with van der Waals surface area (Å²) in [5.74, 6) is 0.121. The van der Waals surface area contributed by atoms with Gasteiger partial charge >= 0.3 is 0 Å². The van der Waals surface area contributed by atoms with Crippen LogP contribution in [0.15, 0.2) is 42.5 Å². The van der Waals surface area contributed by atoms with Crippen molar-refractivity contribution in [3.63, 3.8) is 0 Å². The van der Waals surface area contributed by atoms with E-state index >= 15 is 0 Å². The summed E-state index contributed by atoms with van der Waals surface area (Å²) in [5.41, 5.74) is 6.72. The van der Waals surface area contributed by atoms with Crippen LogP contribution >= 0.6 is 0 Å². The summed E-state index contributed by atoms with van der Waals surface area (Å²) in [5, 5.41) is 1.20. The molecular weight excluding hydrogens is 320 g/mol. The number of hydrogen-bond donors (Lipinski definition) is 0. The van der Waals surface area contributed by atoms with Crippen molar-refractivity contribution in [1.82, 2.24) is 4.57 Å². The zero-order valence-corrected chi connectivity index (χ0v) is 16.0. The number of nitrogens with zero attached hydrogens (tertiary/aromatic N) is 2. The van der Waals surface area contributed by atoms with Crippen molar-refractivity contribution in [3.8, 4) is 0 Å². The van der Waals surface area contributed by atoms with Gasteiger partial charge in [-0.1, -0.05) is 31.2 Å². The largest absolute Gasteiger partial charge is 0.337 e. The molecule has 0 N–H and O–H groups in total. The van der Waals surface area contributed by atoms with Gasteiger partial charge in [-0.3, -0.25) is 4.79 Å². The summed E-state index contributed by atoms with van der Waals surface area (Å²) >= 11 is 0. The monoisotopic (exact) mass is 346 g/mol. The SMILES string of the molecule is CCc1ccc2c(c1)c(C)c(C(=O)N1c3ccccc3CC1C)n2CC. The van der Waals surface area contributed by atoms with E-state index in [4.69, 9.17) is 0 Å². The lowest BCUT2D eigenvalue weighted by atomic mass is 10.1. The van der Waals surface area contributed by atoms with Gasteiger partial charge in [-0.25, -0.2) is 0 Å². The number of rotatable bonds is 3. The first-order valence-corrected chi connectivity index (χ1v) is 9.60. The van der Waals surface area contributed by atoms with Crippen molar-refractivity contribution in [2.24, 2.45) is 0 Å². The molecule has 0 spiro atoms. The van der Waals surface area contributed by atoms with Crippen LogP contribution in [0, 0.1) is 6.92 Å². The van der Waals surface area contributed by atoms with Gasteiger partial charge in [-0.15, -0.1) is 0 Å². The molecule has 0 saturated carbocycles. The highest BCUT2D eigenvalue weighted by Crippen LogP contribution is 2.35. The van der Waals surface area contributed by atoms with Crippen LogP contribution in [-0.2, 0) is 19.4 Å². The lowest BCUT2D eigenvalue weighted by Gasteiger charge is -2.24. The Bertz CT molecular complexity index is 999. The Morgan fingerprint density at radius 2 is 1.92 bits per heavy atom. The zero-order chi connectivity index (χ0) is 18.4. The number of aromatic nitrogens is 1. The van der Waals surface area contributed by atoms with E-state index in [1.54, 1.807) is 0 Å². The predicted molar refractivity (Wildman–Crippen MR) is 108 cm³/mol. The van der Waals surface area contributed by atoms with Crippen LogP contribution in [0.3, 0.4) is 0 Å². The van der Waals surface area contributed by atoms with E-state index in [2.05, 4.69) is 68.7 Å². The van der Waals surface area contributed by atoms with Crippen LogP contribution < -0.4 is 4.90 Å². The lowest BCUT2D eigenvalue weighted by molar-refractivity contribution is 0.0972. The van der Waals surface area contributed by atoms with Crippen molar-refractivity contribution in [2.75, 3.05) is 4.90 Å². The second-order valence-corrected chi connectivity index (χ2v) is 7.28. The molecule has 0 saturated heterocycles. The molecule has 26 heavy (non-hydrogen) atoms. The van der Waals surface area contributed by atoms with Crippen LogP contribution in [0.2, 0.25) is 0 Å². The van der Waals surface area contributed by atoms with Crippen LogP contribution in [0.4, 0.5) is 5.69 Å². The number of amides is 1. The van der Waals surface area contributed by atoms with Crippen LogP contribution in [0.25, 0.3) is 10.9 Å². The van der Waals surface area contributed by atoms with Gasteiger partial charge in [0.15, 0.2) is 0 Å². The van der Waals surface area contributed by atoms with Gasteiger partial charge in [0.25, 0.3) is 5.91 Å². The molecule has 1 atom stereocenters. The van der Waals surface area contributed by atoms with Crippen molar-refractivity contribution in [2.45, 2.75) is 53.1 Å². The molecule has 0 aliphatic carbocycles. The Morgan fingerprint density at radius 1 is 1.15 bits per heavy atom.